The number of aromatic nitrogens is 4. The second-order valence-corrected chi connectivity index (χ2v) is 19.3. The third-order valence-electron chi connectivity index (χ3n) is 10.4. The number of nitrogens with one attached hydrogen (secondary N) is 1. The van der Waals surface area contributed by atoms with E-state index in [1.807, 2.05) is 0 Å². The molecule has 0 aliphatic carbocycles. The maximum Gasteiger partial charge on any atom is 0.404 e. The van der Waals surface area contributed by atoms with E-state index in [9.17, 15) is 4.79 Å². The monoisotopic (exact) mass is 913 g/mol. The molecule has 1 unspecified atom stereocenters. The average Bonchev–Trinajstić information content (AvgIpc) is 3.73. The van der Waals surface area contributed by atoms with Gasteiger partial charge in [-0.05, 0) is 81.4 Å². The van der Waals surface area contributed by atoms with Crippen LogP contribution >= 0.6 is 0 Å². The molecule has 20 heteroatoms. The number of carbonyl (C=O) groups excluding carboxylic acids is 1. The SMILES string of the molecule is COc1ccc(CN(Cc2ccc(OC)cc2)S(=O)(=O)c2c(S(=O)(=O)NC(COC(N)=O)C(C)(C)C)ccc(-c3cccc(N)c3N)c2-c2nnn(Cc3ccc(OC)cc3)n2)cc1. The van der Waals surface area contributed by atoms with Crippen molar-refractivity contribution >= 4 is 37.5 Å². The van der Waals surface area contributed by atoms with Gasteiger partial charge in [-0.15, -0.1) is 10.2 Å². The molecule has 338 valence electrons. The second-order valence-electron chi connectivity index (χ2n) is 15.8. The molecule has 0 saturated carbocycles. The quantitative estimate of drug-likeness (QED) is 0.0785. The van der Waals surface area contributed by atoms with Gasteiger partial charge in [0.1, 0.15) is 33.6 Å². The first-order chi connectivity index (χ1) is 30.3. The molecule has 7 N–H and O–H groups in total. The van der Waals surface area contributed by atoms with Gasteiger partial charge in [-0.1, -0.05) is 75.4 Å². The summed E-state index contributed by atoms with van der Waals surface area (Å²) < 4.78 is 86.9. The molecular weight excluding hydrogens is 863 g/mol. The predicted octanol–water partition coefficient (Wildman–Crippen LogP) is 5.43. The fraction of sp³-hybridized carbons (Fsp3) is 0.273. The van der Waals surface area contributed by atoms with Gasteiger partial charge in [0.15, 0.2) is 0 Å². The van der Waals surface area contributed by atoms with E-state index in [0.29, 0.717) is 28.4 Å². The fourth-order valence-electron chi connectivity index (χ4n) is 6.70. The number of anilines is 2. The first-order valence-electron chi connectivity index (χ1n) is 19.8. The minimum Gasteiger partial charge on any atom is -0.497 e. The number of hydrogen-bond acceptors (Lipinski definition) is 14. The molecule has 0 radical (unpaired) electrons. The van der Waals surface area contributed by atoms with E-state index in [2.05, 4.69) is 20.1 Å². The van der Waals surface area contributed by atoms with Crippen molar-refractivity contribution in [3.63, 3.8) is 0 Å². The van der Waals surface area contributed by atoms with Crippen molar-refractivity contribution < 1.29 is 40.6 Å². The zero-order chi connectivity index (χ0) is 46.4. The molecule has 6 rings (SSSR count). The number of nitrogen functional groups attached to an aromatic ring is 2. The number of sulfonamides is 2. The molecule has 64 heavy (non-hydrogen) atoms. The van der Waals surface area contributed by atoms with Crippen LogP contribution in [-0.2, 0) is 44.4 Å². The van der Waals surface area contributed by atoms with Gasteiger partial charge in [0, 0.05) is 18.7 Å². The van der Waals surface area contributed by atoms with Crippen LogP contribution in [0.5, 0.6) is 17.2 Å². The maximum atomic E-state index is 16.0. The Balaban J connectivity index is 1.66. The molecule has 0 spiro atoms. The van der Waals surface area contributed by atoms with Gasteiger partial charge in [-0.3, -0.25) is 0 Å². The van der Waals surface area contributed by atoms with Gasteiger partial charge in [0.25, 0.3) is 0 Å². The van der Waals surface area contributed by atoms with E-state index in [0.717, 1.165) is 9.87 Å². The number of carbonyl (C=O) groups is 1. The van der Waals surface area contributed by atoms with Gasteiger partial charge < -0.3 is 36.1 Å². The van der Waals surface area contributed by atoms with Crippen LogP contribution in [0.25, 0.3) is 22.5 Å². The van der Waals surface area contributed by atoms with Crippen LogP contribution in [-0.4, -0.2) is 81.4 Å². The Labute approximate surface area is 372 Å². The second kappa shape index (κ2) is 19.3. The minimum absolute atomic E-state index is 0.0937. The lowest BCUT2D eigenvalue weighted by Crippen LogP contribution is -2.47. The summed E-state index contributed by atoms with van der Waals surface area (Å²) in [6, 6.07) is 27.0. The molecule has 0 fully saturated rings. The van der Waals surface area contributed by atoms with E-state index in [-0.39, 0.29) is 53.5 Å². The molecule has 0 saturated heterocycles. The highest BCUT2D eigenvalue weighted by molar-refractivity contribution is 7.92. The average molecular weight is 914 g/mol. The van der Waals surface area contributed by atoms with E-state index >= 15 is 16.8 Å². The van der Waals surface area contributed by atoms with Crippen molar-refractivity contribution in [2.24, 2.45) is 11.1 Å². The van der Waals surface area contributed by atoms with E-state index in [4.69, 9.17) is 36.1 Å². The van der Waals surface area contributed by atoms with Crippen LogP contribution in [0.2, 0.25) is 0 Å². The van der Waals surface area contributed by atoms with Crippen molar-refractivity contribution in [1.82, 2.24) is 29.2 Å². The van der Waals surface area contributed by atoms with Gasteiger partial charge in [-0.25, -0.2) is 26.4 Å². The van der Waals surface area contributed by atoms with Crippen molar-refractivity contribution in [1.29, 1.82) is 0 Å². The summed E-state index contributed by atoms with van der Waals surface area (Å²) in [6.45, 7) is 4.32. The van der Waals surface area contributed by atoms with Crippen molar-refractivity contribution in [2.45, 2.75) is 56.2 Å². The molecule has 1 amide bonds. The van der Waals surface area contributed by atoms with Crippen LogP contribution < -0.4 is 36.1 Å². The summed E-state index contributed by atoms with van der Waals surface area (Å²) in [4.78, 5) is 11.6. The first-order valence-corrected chi connectivity index (χ1v) is 22.7. The molecule has 1 heterocycles. The van der Waals surface area contributed by atoms with E-state index in [1.165, 1.54) is 31.1 Å². The number of para-hydroxylation sites is 1. The third-order valence-corrected chi connectivity index (χ3v) is 13.9. The van der Waals surface area contributed by atoms with Gasteiger partial charge in [0.05, 0.1) is 50.9 Å². The van der Waals surface area contributed by atoms with Gasteiger partial charge in [0.2, 0.25) is 25.9 Å². The van der Waals surface area contributed by atoms with E-state index < -0.39 is 54.0 Å². The number of ether oxygens (including phenoxy) is 4. The molecule has 1 atom stereocenters. The fourth-order valence-corrected chi connectivity index (χ4v) is 10.5. The Bertz CT molecular complexity index is 2760. The molecule has 18 nitrogen and oxygen atoms in total. The Morgan fingerprint density at radius 3 is 1.78 bits per heavy atom. The molecule has 0 aliphatic rings. The minimum atomic E-state index is -4.99. The number of hydrogen-bond donors (Lipinski definition) is 4. The highest BCUT2D eigenvalue weighted by Gasteiger charge is 2.40. The Kier molecular flexibility index (Phi) is 14.1. The summed E-state index contributed by atoms with van der Waals surface area (Å²) in [6.07, 6.45) is -1.13. The van der Waals surface area contributed by atoms with E-state index in [1.54, 1.807) is 119 Å². The number of amides is 1. The molecule has 6 aromatic rings. The van der Waals surface area contributed by atoms with Crippen molar-refractivity contribution in [3.8, 4) is 39.8 Å². The Morgan fingerprint density at radius 2 is 1.28 bits per heavy atom. The summed E-state index contributed by atoms with van der Waals surface area (Å²) in [5.41, 5.74) is 19.7. The lowest BCUT2D eigenvalue weighted by atomic mass is 9.88. The van der Waals surface area contributed by atoms with Crippen molar-refractivity contribution in [2.75, 3.05) is 39.4 Å². The largest absolute Gasteiger partial charge is 0.497 e. The zero-order valence-corrected chi connectivity index (χ0v) is 37.8. The highest BCUT2D eigenvalue weighted by atomic mass is 32.2. The Hall–Kier alpha value is -6.74. The number of methoxy groups -OCH3 is 3. The van der Waals surface area contributed by atoms with Crippen LogP contribution in [0.4, 0.5) is 16.2 Å². The van der Waals surface area contributed by atoms with Crippen LogP contribution in [0, 0.1) is 5.41 Å². The molecular formula is C44H51N9O9S2. The lowest BCUT2D eigenvalue weighted by molar-refractivity contribution is 0.122. The van der Waals surface area contributed by atoms with Crippen LogP contribution in [0.3, 0.4) is 0 Å². The molecule has 0 bridgehead atoms. The third kappa shape index (κ3) is 10.7. The maximum absolute atomic E-state index is 16.0. The lowest BCUT2D eigenvalue weighted by Gasteiger charge is -2.31. The zero-order valence-electron chi connectivity index (χ0n) is 36.2. The smallest absolute Gasteiger partial charge is 0.404 e. The topological polar surface area (TPSA) is 259 Å². The highest BCUT2D eigenvalue weighted by Crippen LogP contribution is 2.44. The van der Waals surface area contributed by atoms with Crippen LogP contribution in [0.1, 0.15) is 37.5 Å². The number of tetrazole rings is 1. The van der Waals surface area contributed by atoms with Crippen LogP contribution in [0.15, 0.2) is 113 Å². The standard InChI is InChI=1S/C44H51N9O9S2/c1-44(2,3)38(27-62-43(47)54)50-63(55,56)37-23-22-34(35-8-7-9-36(45)40(35)46)39(42-48-51-53(49-42)26-30-14-20-33(61-6)21-15-30)41(37)64(57,58)52(24-28-10-16-31(59-4)17-11-28)25-29-12-18-32(60-5)19-13-29/h7-23,38,50H,24-27,45-46H2,1-6H3,(H2,47,54). The molecule has 1 aromatic heterocycles. The number of benzene rings is 5. The summed E-state index contributed by atoms with van der Waals surface area (Å²) in [5.74, 6) is 1.48. The first kappa shape index (κ1) is 46.8. The Morgan fingerprint density at radius 1 is 0.750 bits per heavy atom. The van der Waals surface area contributed by atoms with Gasteiger partial charge in [-0.2, -0.15) is 9.10 Å². The number of nitrogens with two attached hydrogens (primary N) is 3. The number of primary amides is 1. The van der Waals surface area contributed by atoms with Crippen molar-refractivity contribution in [3.05, 3.63) is 120 Å². The molecule has 0 aliphatic heterocycles. The normalized spacial score (nSPS) is 12.5. The predicted molar refractivity (Wildman–Crippen MR) is 241 cm³/mol. The number of rotatable bonds is 18. The summed E-state index contributed by atoms with van der Waals surface area (Å²) >= 11 is 0. The van der Waals surface area contributed by atoms with Gasteiger partial charge >= 0.3 is 6.09 Å². The summed E-state index contributed by atoms with van der Waals surface area (Å²) in [5, 5.41) is 13.3. The molecule has 5 aromatic carbocycles. The summed E-state index contributed by atoms with van der Waals surface area (Å²) in [7, 11) is -5.28. The number of nitrogens with zero attached hydrogens (tertiary/aromatic N) is 5.